The molecule has 2 saturated heterocycles. The summed E-state index contributed by atoms with van der Waals surface area (Å²) in [6.45, 7) is 10.4. The highest BCUT2D eigenvalue weighted by Crippen LogP contribution is 2.42. The van der Waals surface area contributed by atoms with Crippen LogP contribution >= 0.6 is 0 Å². The van der Waals surface area contributed by atoms with Gasteiger partial charge in [0.05, 0.1) is 43.0 Å². The minimum Gasteiger partial charge on any atom is -0.376 e. The summed E-state index contributed by atoms with van der Waals surface area (Å²) in [5.74, 6) is 1.51. The largest absolute Gasteiger partial charge is 0.376 e. The fourth-order valence-corrected chi connectivity index (χ4v) is 6.43. The Balaban J connectivity index is 1.03. The first-order chi connectivity index (χ1) is 17.5. The first kappa shape index (κ1) is 24.3. The molecule has 36 heavy (non-hydrogen) atoms. The molecule has 0 aromatic carbocycles. The summed E-state index contributed by atoms with van der Waals surface area (Å²) in [5, 5.41) is 17.3. The Kier molecular flexibility index (Phi) is 6.77. The van der Waals surface area contributed by atoms with Crippen molar-refractivity contribution in [3.05, 3.63) is 29.7 Å². The predicted octanol–water partition coefficient (Wildman–Crippen LogP) is 4.34. The molecule has 0 atom stereocenters. The summed E-state index contributed by atoms with van der Waals surface area (Å²) in [5.41, 5.74) is 3.86. The second-order valence-corrected chi connectivity index (χ2v) is 12.0. The van der Waals surface area contributed by atoms with E-state index in [-0.39, 0.29) is 5.60 Å². The van der Waals surface area contributed by atoms with Crippen molar-refractivity contribution in [1.82, 2.24) is 24.9 Å². The van der Waals surface area contributed by atoms with E-state index in [9.17, 15) is 0 Å². The maximum atomic E-state index is 6.13. The molecule has 2 aliphatic carbocycles. The molecule has 1 spiro atoms. The Labute approximate surface area is 215 Å². The molecule has 0 bridgehead atoms. The van der Waals surface area contributed by atoms with E-state index < -0.39 is 0 Å². The number of hydrogen-bond acceptors (Lipinski definition) is 7. The highest BCUT2D eigenvalue weighted by molar-refractivity contribution is 5.44. The molecule has 0 unspecified atom stereocenters. The van der Waals surface area contributed by atoms with Gasteiger partial charge in [0, 0.05) is 43.4 Å². The lowest BCUT2D eigenvalue weighted by Crippen LogP contribution is -2.53. The summed E-state index contributed by atoms with van der Waals surface area (Å²) in [7, 11) is 0. The van der Waals surface area contributed by atoms with E-state index in [0.717, 1.165) is 69.4 Å². The Morgan fingerprint density at radius 1 is 1.06 bits per heavy atom. The summed E-state index contributed by atoms with van der Waals surface area (Å²) in [6, 6.07) is 4.84. The zero-order valence-corrected chi connectivity index (χ0v) is 22.0. The van der Waals surface area contributed by atoms with Crippen LogP contribution in [0.2, 0.25) is 0 Å². The van der Waals surface area contributed by atoms with Crippen molar-refractivity contribution in [2.24, 2.45) is 5.41 Å². The van der Waals surface area contributed by atoms with Crippen LogP contribution in [0.3, 0.4) is 0 Å². The molecular weight excluding hydrogens is 452 g/mol. The van der Waals surface area contributed by atoms with Crippen molar-refractivity contribution in [2.45, 2.75) is 89.2 Å². The Morgan fingerprint density at radius 2 is 1.86 bits per heavy atom. The summed E-state index contributed by atoms with van der Waals surface area (Å²) in [6.07, 6.45) is 12.3. The molecule has 8 nitrogen and oxygen atoms in total. The van der Waals surface area contributed by atoms with E-state index in [1.54, 1.807) is 0 Å². The van der Waals surface area contributed by atoms with Crippen LogP contribution in [-0.2, 0) is 15.9 Å². The molecular formula is C28H42N6O2. The molecule has 8 heteroatoms. The second kappa shape index (κ2) is 10.0. The SMILES string of the molecule is CCc1cc(C2CC2)n(-c2cnnc(NC3CCC(C)(CN4CCC5(CC4)COCCO5)CC3)c2)n1. The maximum Gasteiger partial charge on any atom is 0.151 e. The van der Waals surface area contributed by atoms with Crippen LogP contribution in [0.4, 0.5) is 5.82 Å². The highest BCUT2D eigenvalue weighted by atomic mass is 16.6. The fraction of sp³-hybridized carbons (Fsp3) is 0.750. The topological polar surface area (TPSA) is 77.3 Å². The van der Waals surface area contributed by atoms with Crippen molar-refractivity contribution in [3.8, 4) is 5.69 Å². The average Bonchev–Trinajstić information content (AvgIpc) is 3.66. The first-order valence-electron chi connectivity index (χ1n) is 14.2. The van der Waals surface area contributed by atoms with Crippen LogP contribution in [0.15, 0.2) is 18.3 Å². The van der Waals surface area contributed by atoms with E-state index in [0.29, 0.717) is 17.4 Å². The lowest BCUT2D eigenvalue weighted by Gasteiger charge is -2.47. The van der Waals surface area contributed by atoms with Gasteiger partial charge in [0.15, 0.2) is 5.82 Å². The zero-order chi connectivity index (χ0) is 24.6. The van der Waals surface area contributed by atoms with E-state index in [1.165, 1.54) is 50.8 Å². The Bertz CT molecular complexity index is 1030. The molecule has 0 amide bonds. The smallest absolute Gasteiger partial charge is 0.151 e. The number of hydrogen-bond donors (Lipinski definition) is 1. The minimum atomic E-state index is -0.0134. The number of rotatable bonds is 7. The number of nitrogens with zero attached hydrogens (tertiary/aromatic N) is 5. The predicted molar refractivity (Wildman–Crippen MR) is 140 cm³/mol. The molecule has 196 valence electrons. The molecule has 0 radical (unpaired) electrons. The summed E-state index contributed by atoms with van der Waals surface area (Å²) in [4.78, 5) is 2.66. The van der Waals surface area contributed by atoms with E-state index in [4.69, 9.17) is 14.6 Å². The molecule has 4 aliphatic rings. The van der Waals surface area contributed by atoms with Gasteiger partial charge in [-0.2, -0.15) is 10.2 Å². The third-order valence-electron chi connectivity index (χ3n) is 8.95. The van der Waals surface area contributed by atoms with E-state index in [2.05, 4.69) is 51.1 Å². The first-order valence-corrected chi connectivity index (χ1v) is 14.2. The third kappa shape index (κ3) is 5.31. The molecule has 4 heterocycles. The maximum absolute atomic E-state index is 6.13. The molecule has 6 rings (SSSR count). The van der Waals surface area contributed by atoms with Gasteiger partial charge in [0.25, 0.3) is 0 Å². The quantitative estimate of drug-likeness (QED) is 0.613. The summed E-state index contributed by atoms with van der Waals surface area (Å²) < 4.78 is 13.9. The van der Waals surface area contributed by atoms with Gasteiger partial charge >= 0.3 is 0 Å². The zero-order valence-electron chi connectivity index (χ0n) is 22.0. The molecule has 2 saturated carbocycles. The average molecular weight is 495 g/mol. The van der Waals surface area contributed by atoms with Crippen LogP contribution in [0.5, 0.6) is 0 Å². The Hall–Kier alpha value is -2.03. The van der Waals surface area contributed by atoms with Crippen LogP contribution in [0.1, 0.15) is 82.5 Å². The van der Waals surface area contributed by atoms with E-state index in [1.807, 2.05) is 6.20 Å². The van der Waals surface area contributed by atoms with Gasteiger partial charge in [0.1, 0.15) is 0 Å². The van der Waals surface area contributed by atoms with Gasteiger partial charge in [-0.1, -0.05) is 13.8 Å². The summed E-state index contributed by atoms with van der Waals surface area (Å²) >= 11 is 0. The van der Waals surface area contributed by atoms with Crippen molar-refractivity contribution in [1.29, 1.82) is 0 Å². The van der Waals surface area contributed by atoms with Gasteiger partial charge in [-0.15, -0.1) is 5.10 Å². The van der Waals surface area contributed by atoms with Gasteiger partial charge in [-0.05, 0) is 69.3 Å². The lowest BCUT2D eigenvalue weighted by atomic mass is 9.73. The van der Waals surface area contributed by atoms with Crippen molar-refractivity contribution in [3.63, 3.8) is 0 Å². The second-order valence-electron chi connectivity index (χ2n) is 12.0. The van der Waals surface area contributed by atoms with Crippen LogP contribution in [0.25, 0.3) is 5.69 Å². The number of ether oxygens (including phenoxy) is 2. The molecule has 2 aromatic heterocycles. The van der Waals surface area contributed by atoms with Crippen LogP contribution in [-0.4, -0.2) is 76.0 Å². The van der Waals surface area contributed by atoms with Gasteiger partial charge < -0.3 is 19.7 Å². The number of likely N-dealkylation sites (tertiary alicyclic amines) is 1. The number of nitrogens with one attached hydrogen (secondary N) is 1. The number of aromatic nitrogens is 4. The van der Waals surface area contributed by atoms with Gasteiger partial charge in [0.2, 0.25) is 0 Å². The molecule has 2 aliphatic heterocycles. The van der Waals surface area contributed by atoms with E-state index >= 15 is 0 Å². The van der Waals surface area contributed by atoms with Crippen molar-refractivity contribution < 1.29 is 9.47 Å². The van der Waals surface area contributed by atoms with Crippen molar-refractivity contribution in [2.75, 3.05) is 44.8 Å². The number of anilines is 1. The van der Waals surface area contributed by atoms with Crippen LogP contribution in [0, 0.1) is 5.41 Å². The lowest BCUT2D eigenvalue weighted by molar-refractivity contribution is -0.178. The molecule has 2 aromatic rings. The van der Waals surface area contributed by atoms with Gasteiger partial charge in [-0.3, -0.25) is 0 Å². The molecule has 4 fully saturated rings. The van der Waals surface area contributed by atoms with Crippen LogP contribution < -0.4 is 5.32 Å². The number of aryl methyl sites for hydroxylation is 1. The third-order valence-corrected chi connectivity index (χ3v) is 8.95. The fourth-order valence-electron chi connectivity index (χ4n) is 6.43. The standard InChI is InChI=1S/C28H42N6O2/c1-3-22-16-25(21-4-5-21)34(32-22)24-17-26(31-29-18-24)30-23-6-8-27(2,9-7-23)19-33-12-10-28(11-13-33)20-35-14-15-36-28/h16-18,21,23H,3-15,19-20H2,1-2H3,(H,30,31). The monoisotopic (exact) mass is 494 g/mol. The highest BCUT2D eigenvalue weighted by Gasteiger charge is 2.40. The number of piperidine rings is 1. The Morgan fingerprint density at radius 3 is 2.56 bits per heavy atom. The van der Waals surface area contributed by atoms with Gasteiger partial charge in [-0.25, -0.2) is 4.68 Å². The minimum absolute atomic E-state index is 0.0134. The van der Waals surface area contributed by atoms with Crippen molar-refractivity contribution >= 4 is 5.82 Å². The normalized spacial score (nSPS) is 28.9. The molecule has 1 N–H and O–H groups in total.